The molecule has 0 bridgehead atoms. The van der Waals surface area contributed by atoms with Gasteiger partial charge in [0.2, 0.25) is 0 Å². The van der Waals surface area contributed by atoms with Gasteiger partial charge in [0.05, 0.1) is 0 Å². The molecule has 1 atom stereocenters. The SMILES string of the molecule is CC1CN(C(=N)N)CCS1. The van der Waals surface area contributed by atoms with Crippen molar-refractivity contribution in [2.75, 3.05) is 18.8 Å². The van der Waals surface area contributed by atoms with Crippen LogP contribution in [0.15, 0.2) is 0 Å². The van der Waals surface area contributed by atoms with E-state index in [-0.39, 0.29) is 5.96 Å². The van der Waals surface area contributed by atoms with Gasteiger partial charge < -0.3 is 10.6 Å². The third-order valence-corrected chi connectivity index (χ3v) is 2.72. The van der Waals surface area contributed by atoms with Gasteiger partial charge in [-0.25, -0.2) is 0 Å². The predicted molar refractivity (Wildman–Crippen MR) is 45.4 cm³/mol. The van der Waals surface area contributed by atoms with Crippen molar-refractivity contribution in [2.24, 2.45) is 5.73 Å². The van der Waals surface area contributed by atoms with Crippen molar-refractivity contribution >= 4 is 17.7 Å². The molecule has 1 saturated heterocycles. The Morgan fingerprint density at radius 3 is 2.90 bits per heavy atom. The van der Waals surface area contributed by atoms with E-state index < -0.39 is 0 Å². The molecule has 0 saturated carbocycles. The first kappa shape index (κ1) is 7.72. The average molecular weight is 159 g/mol. The summed E-state index contributed by atoms with van der Waals surface area (Å²) in [5.74, 6) is 1.31. The fourth-order valence-electron chi connectivity index (χ4n) is 1.04. The summed E-state index contributed by atoms with van der Waals surface area (Å²) in [7, 11) is 0. The van der Waals surface area contributed by atoms with Gasteiger partial charge >= 0.3 is 0 Å². The minimum Gasteiger partial charge on any atom is -0.370 e. The molecule has 0 aromatic heterocycles. The Balaban J connectivity index is 2.39. The van der Waals surface area contributed by atoms with Crippen LogP contribution in [0.3, 0.4) is 0 Å². The zero-order valence-corrected chi connectivity index (χ0v) is 6.95. The molecule has 1 fully saturated rings. The highest BCUT2D eigenvalue weighted by molar-refractivity contribution is 7.99. The number of rotatable bonds is 0. The fourth-order valence-corrected chi connectivity index (χ4v) is 2.05. The minimum atomic E-state index is 0.215. The van der Waals surface area contributed by atoms with E-state index >= 15 is 0 Å². The molecule has 0 aromatic rings. The van der Waals surface area contributed by atoms with Crippen molar-refractivity contribution in [2.45, 2.75) is 12.2 Å². The van der Waals surface area contributed by atoms with Crippen molar-refractivity contribution in [1.29, 1.82) is 5.41 Å². The molecule has 4 heteroatoms. The van der Waals surface area contributed by atoms with Crippen LogP contribution in [0.2, 0.25) is 0 Å². The predicted octanol–water partition coefficient (Wildman–Crippen LogP) is 0.317. The number of nitrogens with zero attached hydrogens (tertiary/aromatic N) is 1. The van der Waals surface area contributed by atoms with Crippen LogP contribution in [0, 0.1) is 5.41 Å². The van der Waals surface area contributed by atoms with Gasteiger partial charge in [-0.15, -0.1) is 0 Å². The molecule has 1 heterocycles. The van der Waals surface area contributed by atoms with Crippen LogP contribution in [0.4, 0.5) is 0 Å². The maximum atomic E-state index is 7.17. The summed E-state index contributed by atoms with van der Waals surface area (Å²) in [6, 6.07) is 0. The molecule has 1 aliphatic heterocycles. The highest BCUT2D eigenvalue weighted by atomic mass is 32.2. The number of hydrogen-bond acceptors (Lipinski definition) is 2. The Kier molecular flexibility index (Phi) is 2.43. The first-order valence-electron chi connectivity index (χ1n) is 3.40. The van der Waals surface area contributed by atoms with Crippen LogP contribution in [0.5, 0.6) is 0 Å². The average Bonchev–Trinajstić information content (AvgIpc) is 1.88. The van der Waals surface area contributed by atoms with Gasteiger partial charge in [0.25, 0.3) is 0 Å². The van der Waals surface area contributed by atoms with E-state index in [0.29, 0.717) is 5.25 Å². The Labute approximate surface area is 65.5 Å². The summed E-state index contributed by atoms with van der Waals surface area (Å²) in [5.41, 5.74) is 5.33. The molecule has 0 spiro atoms. The molecule has 58 valence electrons. The van der Waals surface area contributed by atoms with Crippen LogP contribution in [-0.4, -0.2) is 35.0 Å². The van der Waals surface area contributed by atoms with Crippen molar-refractivity contribution in [3.8, 4) is 0 Å². The lowest BCUT2D eigenvalue weighted by Gasteiger charge is -2.30. The number of guanidine groups is 1. The van der Waals surface area contributed by atoms with Crippen LogP contribution >= 0.6 is 11.8 Å². The van der Waals surface area contributed by atoms with Gasteiger partial charge in [-0.05, 0) is 0 Å². The zero-order chi connectivity index (χ0) is 7.56. The highest BCUT2D eigenvalue weighted by Crippen LogP contribution is 2.16. The molecule has 3 nitrogen and oxygen atoms in total. The normalized spacial score (nSPS) is 26.5. The Bertz CT molecular complexity index is 137. The molecule has 0 aromatic carbocycles. The van der Waals surface area contributed by atoms with Crippen LogP contribution in [-0.2, 0) is 0 Å². The lowest BCUT2D eigenvalue weighted by Crippen LogP contribution is -2.44. The van der Waals surface area contributed by atoms with Gasteiger partial charge in [0.1, 0.15) is 0 Å². The summed E-state index contributed by atoms with van der Waals surface area (Å²) < 4.78 is 0. The summed E-state index contributed by atoms with van der Waals surface area (Å²) >= 11 is 1.95. The van der Waals surface area contributed by atoms with E-state index in [1.165, 1.54) is 0 Å². The van der Waals surface area contributed by atoms with Crippen LogP contribution < -0.4 is 5.73 Å². The molecule has 1 unspecified atom stereocenters. The smallest absolute Gasteiger partial charge is 0.188 e. The second-order valence-electron chi connectivity index (χ2n) is 2.51. The Morgan fingerprint density at radius 1 is 1.80 bits per heavy atom. The molecule has 1 rings (SSSR count). The van der Waals surface area contributed by atoms with Crippen molar-refractivity contribution in [1.82, 2.24) is 4.90 Å². The molecule has 3 N–H and O–H groups in total. The minimum absolute atomic E-state index is 0.215. The number of thioether (sulfide) groups is 1. The van der Waals surface area contributed by atoms with Crippen molar-refractivity contribution in [3.63, 3.8) is 0 Å². The lowest BCUT2D eigenvalue weighted by atomic mass is 10.4. The van der Waals surface area contributed by atoms with Crippen LogP contribution in [0.25, 0.3) is 0 Å². The maximum absolute atomic E-state index is 7.17. The molecule has 1 aliphatic rings. The molecule has 10 heavy (non-hydrogen) atoms. The molecular formula is C6H13N3S. The van der Waals surface area contributed by atoms with Crippen molar-refractivity contribution < 1.29 is 0 Å². The van der Waals surface area contributed by atoms with Gasteiger partial charge in [-0.2, -0.15) is 11.8 Å². The first-order valence-corrected chi connectivity index (χ1v) is 4.45. The van der Waals surface area contributed by atoms with E-state index in [0.717, 1.165) is 18.8 Å². The van der Waals surface area contributed by atoms with Crippen molar-refractivity contribution in [3.05, 3.63) is 0 Å². The lowest BCUT2D eigenvalue weighted by molar-refractivity contribution is 0.428. The number of hydrogen-bond donors (Lipinski definition) is 2. The summed E-state index contributed by atoms with van der Waals surface area (Å²) in [4.78, 5) is 1.92. The zero-order valence-electron chi connectivity index (χ0n) is 6.13. The second kappa shape index (κ2) is 3.14. The highest BCUT2D eigenvalue weighted by Gasteiger charge is 2.16. The largest absolute Gasteiger partial charge is 0.370 e. The summed E-state index contributed by atoms with van der Waals surface area (Å²) in [5, 5.41) is 7.80. The quantitative estimate of drug-likeness (QED) is 0.395. The van der Waals surface area contributed by atoms with Gasteiger partial charge in [0, 0.05) is 24.1 Å². The van der Waals surface area contributed by atoms with E-state index in [9.17, 15) is 0 Å². The third kappa shape index (κ3) is 1.80. The number of nitrogens with one attached hydrogen (secondary N) is 1. The fraction of sp³-hybridized carbons (Fsp3) is 0.833. The number of nitrogens with two attached hydrogens (primary N) is 1. The van der Waals surface area contributed by atoms with Gasteiger partial charge in [-0.1, -0.05) is 6.92 Å². The van der Waals surface area contributed by atoms with E-state index in [4.69, 9.17) is 11.1 Å². The summed E-state index contributed by atoms with van der Waals surface area (Å²) in [6.07, 6.45) is 0. The molecular weight excluding hydrogens is 146 g/mol. The van der Waals surface area contributed by atoms with E-state index in [2.05, 4.69) is 6.92 Å². The van der Waals surface area contributed by atoms with Gasteiger partial charge in [0.15, 0.2) is 5.96 Å². The van der Waals surface area contributed by atoms with Gasteiger partial charge in [-0.3, -0.25) is 5.41 Å². The third-order valence-electron chi connectivity index (χ3n) is 1.58. The molecule has 0 aliphatic carbocycles. The second-order valence-corrected chi connectivity index (χ2v) is 4.06. The Hall–Kier alpha value is -0.380. The molecule has 0 amide bonds. The standard InChI is InChI=1S/C6H13N3S/c1-5-4-9(6(7)8)2-3-10-5/h5H,2-4H2,1H3,(H3,7,8). The molecule has 0 radical (unpaired) electrons. The van der Waals surface area contributed by atoms with Crippen LogP contribution in [0.1, 0.15) is 6.92 Å². The summed E-state index contributed by atoms with van der Waals surface area (Å²) in [6.45, 7) is 4.03. The van der Waals surface area contributed by atoms with E-state index in [1.54, 1.807) is 0 Å². The first-order chi connectivity index (χ1) is 4.70. The topological polar surface area (TPSA) is 53.1 Å². The monoisotopic (exact) mass is 159 g/mol. The Morgan fingerprint density at radius 2 is 2.50 bits per heavy atom. The maximum Gasteiger partial charge on any atom is 0.188 e. The van der Waals surface area contributed by atoms with E-state index in [1.807, 2.05) is 16.7 Å².